The number of fused-ring (bicyclic) bond motifs is 1. The van der Waals surface area contributed by atoms with Gasteiger partial charge in [-0.3, -0.25) is 4.90 Å². The topological polar surface area (TPSA) is 46.3 Å². The fraction of sp³-hybridized carbons (Fsp3) is 0.450. The summed E-state index contributed by atoms with van der Waals surface area (Å²) in [5.74, 6) is -3.24. The number of aryl methyl sites for hydroxylation is 1. The highest BCUT2D eigenvalue weighted by atomic mass is 19.3. The molecule has 3 heterocycles. The summed E-state index contributed by atoms with van der Waals surface area (Å²) in [5.41, 5.74) is 2.09. The number of benzene rings is 1. The summed E-state index contributed by atoms with van der Waals surface area (Å²) in [6.45, 7) is 4.80. The molecule has 148 valence electrons. The number of aromatic nitrogens is 4. The van der Waals surface area contributed by atoms with E-state index in [-0.39, 0.29) is 5.92 Å². The van der Waals surface area contributed by atoms with Crippen LogP contribution in [-0.4, -0.2) is 37.6 Å². The molecule has 1 aliphatic rings. The van der Waals surface area contributed by atoms with E-state index >= 15 is 0 Å². The van der Waals surface area contributed by atoms with Gasteiger partial charge in [-0.15, -0.1) is 0 Å². The van der Waals surface area contributed by atoms with Crippen molar-refractivity contribution in [3.63, 3.8) is 0 Å². The normalized spacial score (nSPS) is 18.7. The van der Waals surface area contributed by atoms with Crippen LogP contribution in [0.2, 0.25) is 0 Å². The lowest BCUT2D eigenvalue weighted by Gasteiger charge is -2.33. The first-order valence-corrected chi connectivity index (χ1v) is 9.37. The minimum Gasteiger partial charge on any atom is -0.298 e. The van der Waals surface area contributed by atoms with Gasteiger partial charge < -0.3 is 0 Å². The van der Waals surface area contributed by atoms with E-state index in [9.17, 15) is 13.2 Å². The summed E-state index contributed by atoms with van der Waals surface area (Å²) in [5, 5.41) is 4.29. The zero-order valence-corrected chi connectivity index (χ0v) is 15.9. The van der Waals surface area contributed by atoms with Crippen molar-refractivity contribution in [3.05, 3.63) is 58.9 Å². The zero-order valence-electron chi connectivity index (χ0n) is 15.9. The lowest BCUT2D eigenvalue weighted by molar-refractivity contribution is 0.0136. The van der Waals surface area contributed by atoms with Gasteiger partial charge in [0.05, 0.1) is 11.3 Å². The van der Waals surface area contributed by atoms with Gasteiger partial charge in [0.15, 0.2) is 0 Å². The van der Waals surface area contributed by atoms with Gasteiger partial charge in [0.25, 0.3) is 11.7 Å². The predicted octanol–water partition coefficient (Wildman–Crippen LogP) is 4.06. The fourth-order valence-electron chi connectivity index (χ4n) is 3.96. The van der Waals surface area contributed by atoms with Crippen LogP contribution >= 0.6 is 0 Å². The first-order chi connectivity index (χ1) is 13.3. The Morgan fingerprint density at radius 3 is 2.86 bits per heavy atom. The summed E-state index contributed by atoms with van der Waals surface area (Å²) < 4.78 is 42.8. The molecule has 0 N–H and O–H groups in total. The third kappa shape index (κ3) is 3.73. The van der Waals surface area contributed by atoms with Gasteiger partial charge in [-0.2, -0.15) is 10.1 Å². The third-order valence-corrected chi connectivity index (χ3v) is 5.24. The molecular weight excluding hydrogens is 367 g/mol. The van der Waals surface area contributed by atoms with Crippen LogP contribution in [0.1, 0.15) is 48.2 Å². The van der Waals surface area contributed by atoms with E-state index in [1.807, 2.05) is 13.0 Å². The second kappa shape index (κ2) is 7.16. The number of piperidine rings is 1. The van der Waals surface area contributed by atoms with Crippen molar-refractivity contribution >= 4 is 5.78 Å². The van der Waals surface area contributed by atoms with Crippen LogP contribution in [-0.2, 0) is 12.5 Å². The molecule has 0 bridgehead atoms. The molecule has 1 aliphatic heterocycles. The molecule has 1 unspecified atom stereocenters. The maximum absolute atomic E-state index is 13.8. The van der Waals surface area contributed by atoms with Gasteiger partial charge in [0, 0.05) is 31.6 Å². The first-order valence-electron chi connectivity index (χ1n) is 9.37. The minimum atomic E-state index is -3.20. The van der Waals surface area contributed by atoms with Gasteiger partial charge in [-0.1, -0.05) is 6.07 Å². The third-order valence-electron chi connectivity index (χ3n) is 5.24. The molecule has 3 aromatic rings. The summed E-state index contributed by atoms with van der Waals surface area (Å²) >= 11 is 0. The van der Waals surface area contributed by atoms with Crippen molar-refractivity contribution in [1.29, 1.82) is 0 Å². The first kappa shape index (κ1) is 18.9. The van der Waals surface area contributed by atoms with E-state index in [2.05, 4.69) is 20.0 Å². The van der Waals surface area contributed by atoms with E-state index in [1.165, 1.54) is 12.4 Å². The van der Waals surface area contributed by atoms with E-state index < -0.39 is 17.3 Å². The second-order valence-corrected chi connectivity index (χ2v) is 7.57. The van der Waals surface area contributed by atoms with Gasteiger partial charge in [-0.25, -0.2) is 22.7 Å². The van der Waals surface area contributed by atoms with E-state index in [1.54, 1.807) is 10.6 Å². The van der Waals surface area contributed by atoms with E-state index in [0.29, 0.717) is 17.9 Å². The number of likely N-dealkylation sites (tertiary alicyclic amines) is 1. The van der Waals surface area contributed by atoms with Crippen LogP contribution < -0.4 is 0 Å². The van der Waals surface area contributed by atoms with Crippen LogP contribution in [0, 0.1) is 12.7 Å². The van der Waals surface area contributed by atoms with Crippen molar-refractivity contribution in [1.82, 2.24) is 24.5 Å². The Balaban J connectivity index is 1.56. The Hall–Kier alpha value is -2.48. The fourth-order valence-corrected chi connectivity index (χ4v) is 3.96. The van der Waals surface area contributed by atoms with Crippen LogP contribution in [0.3, 0.4) is 0 Å². The standard InChI is InChI=1S/C20H22F3N5/c1-13-8-18(28-19(26-13)24-12-25-28)15-4-3-7-27(11-15)10-14-5-6-17(21)16(9-14)20(2,22)23/h5-6,8-9,12,15H,3-4,7,10-11H2,1-2H3. The number of rotatable bonds is 4. The van der Waals surface area contributed by atoms with Gasteiger partial charge in [0.1, 0.15) is 12.1 Å². The molecule has 1 aromatic carbocycles. The van der Waals surface area contributed by atoms with Crippen LogP contribution in [0.5, 0.6) is 0 Å². The molecule has 28 heavy (non-hydrogen) atoms. The molecular formula is C20H22F3N5. The quantitative estimate of drug-likeness (QED) is 0.675. The summed E-state index contributed by atoms with van der Waals surface area (Å²) in [6, 6.07) is 6.03. The Morgan fingerprint density at radius 1 is 1.25 bits per heavy atom. The number of halogens is 3. The number of alkyl halides is 2. The highest BCUT2D eigenvalue weighted by molar-refractivity contribution is 5.32. The van der Waals surface area contributed by atoms with Crippen molar-refractivity contribution in [2.75, 3.05) is 13.1 Å². The SMILES string of the molecule is Cc1cc(C2CCCN(Cc3ccc(F)c(C(C)(F)F)c3)C2)n2ncnc2n1. The molecule has 1 saturated heterocycles. The molecule has 0 amide bonds. The maximum atomic E-state index is 13.8. The van der Waals surface area contributed by atoms with Crippen molar-refractivity contribution in [2.45, 2.75) is 45.1 Å². The lowest BCUT2D eigenvalue weighted by atomic mass is 9.93. The summed E-state index contributed by atoms with van der Waals surface area (Å²) in [7, 11) is 0. The number of hydrogen-bond acceptors (Lipinski definition) is 4. The van der Waals surface area contributed by atoms with Crippen molar-refractivity contribution < 1.29 is 13.2 Å². The minimum absolute atomic E-state index is 0.243. The highest BCUT2D eigenvalue weighted by Crippen LogP contribution is 2.31. The van der Waals surface area contributed by atoms with Crippen molar-refractivity contribution in [2.24, 2.45) is 0 Å². The molecule has 0 aliphatic carbocycles. The molecule has 2 aromatic heterocycles. The Morgan fingerprint density at radius 2 is 2.07 bits per heavy atom. The average Bonchev–Trinajstić information content (AvgIpc) is 3.10. The van der Waals surface area contributed by atoms with Crippen LogP contribution in [0.15, 0.2) is 30.6 Å². The number of hydrogen-bond donors (Lipinski definition) is 0. The maximum Gasteiger partial charge on any atom is 0.273 e. The molecule has 0 saturated carbocycles. The molecule has 0 spiro atoms. The van der Waals surface area contributed by atoms with E-state index in [4.69, 9.17) is 0 Å². The Labute approximate surface area is 161 Å². The summed E-state index contributed by atoms with van der Waals surface area (Å²) in [4.78, 5) is 10.8. The van der Waals surface area contributed by atoms with Crippen molar-refractivity contribution in [3.8, 4) is 0 Å². The van der Waals surface area contributed by atoms with Crippen LogP contribution in [0.25, 0.3) is 5.78 Å². The molecule has 4 rings (SSSR count). The molecule has 0 radical (unpaired) electrons. The van der Waals surface area contributed by atoms with Gasteiger partial charge in [-0.05, 0) is 50.1 Å². The Kier molecular flexibility index (Phi) is 4.82. The Bertz CT molecular complexity index is 995. The zero-order chi connectivity index (χ0) is 19.9. The molecule has 5 nitrogen and oxygen atoms in total. The molecule has 1 fully saturated rings. The van der Waals surface area contributed by atoms with Gasteiger partial charge >= 0.3 is 0 Å². The lowest BCUT2D eigenvalue weighted by Crippen LogP contribution is -2.34. The monoisotopic (exact) mass is 389 g/mol. The summed E-state index contributed by atoms with van der Waals surface area (Å²) in [6.07, 6.45) is 3.49. The van der Waals surface area contributed by atoms with E-state index in [0.717, 1.165) is 50.3 Å². The molecule has 8 heteroatoms. The largest absolute Gasteiger partial charge is 0.298 e. The smallest absolute Gasteiger partial charge is 0.273 e. The van der Waals surface area contributed by atoms with Crippen LogP contribution in [0.4, 0.5) is 13.2 Å². The second-order valence-electron chi connectivity index (χ2n) is 7.57. The average molecular weight is 389 g/mol. The predicted molar refractivity (Wildman–Crippen MR) is 98.7 cm³/mol. The highest BCUT2D eigenvalue weighted by Gasteiger charge is 2.29. The number of nitrogens with zero attached hydrogens (tertiary/aromatic N) is 5. The van der Waals surface area contributed by atoms with Gasteiger partial charge in [0.2, 0.25) is 0 Å². The molecule has 1 atom stereocenters.